The van der Waals surface area contributed by atoms with Crippen molar-refractivity contribution in [1.29, 1.82) is 0 Å². The van der Waals surface area contributed by atoms with Gasteiger partial charge in [-0.2, -0.15) is 11.8 Å². The first-order valence-corrected chi connectivity index (χ1v) is 5.00. The zero-order valence-corrected chi connectivity index (χ0v) is 6.14. The Morgan fingerprint density at radius 1 is 1.67 bits per heavy atom. The topological polar surface area (TPSA) is 0 Å². The minimum Gasteiger partial charge on any atom is -0.158 e. The highest BCUT2D eigenvalue weighted by molar-refractivity contribution is 8.03. The lowest BCUT2D eigenvalue weighted by Gasteiger charge is -1.87. The van der Waals surface area contributed by atoms with E-state index in [1.807, 2.05) is 11.8 Å². The fraction of sp³-hybridized carbons (Fsp3) is 1.00. The monoisotopic (exact) mass is 122 g/mol. The van der Waals surface area contributed by atoms with E-state index in [0.29, 0.717) is 0 Å². The van der Waals surface area contributed by atoms with E-state index in [2.05, 4.69) is 13.6 Å². The maximum Gasteiger partial charge on any atom is 0.0105 e. The van der Waals surface area contributed by atoms with Gasteiger partial charge in [0.15, 0.2) is 0 Å². The Bertz CT molecular complexity index is 19.5. The molecule has 0 saturated carbocycles. The first kappa shape index (κ1) is 6.78. The van der Waals surface area contributed by atoms with Crippen molar-refractivity contribution < 1.29 is 0 Å². The van der Waals surface area contributed by atoms with Crippen LogP contribution in [0.5, 0.6) is 0 Å². The third-order valence-electron chi connectivity index (χ3n) is 0.451. The minimum absolute atomic E-state index is 1.13. The highest BCUT2D eigenvalue weighted by Crippen LogP contribution is 2.12. The summed E-state index contributed by atoms with van der Waals surface area (Å²) >= 11 is 2.02. The Morgan fingerprint density at radius 3 is 2.50 bits per heavy atom. The van der Waals surface area contributed by atoms with Crippen LogP contribution < -0.4 is 0 Å². The molecule has 0 N–H and O–H groups in total. The SMILES string of the molecule is CCSCPC. The molecule has 0 fully saturated rings. The van der Waals surface area contributed by atoms with E-state index in [0.717, 1.165) is 8.58 Å². The standard InChI is InChI=1S/C4H11PS/c1-3-6-4-5-2/h5H,3-4H2,1-2H3. The van der Waals surface area contributed by atoms with Crippen LogP contribution in [0.4, 0.5) is 0 Å². The number of thioether (sulfide) groups is 1. The lowest BCUT2D eigenvalue weighted by Crippen LogP contribution is -1.64. The molecule has 0 aromatic heterocycles. The molecule has 0 aromatic rings. The molecule has 1 atom stereocenters. The van der Waals surface area contributed by atoms with Crippen LogP contribution in [-0.4, -0.2) is 17.9 Å². The van der Waals surface area contributed by atoms with Crippen molar-refractivity contribution in [3.05, 3.63) is 0 Å². The van der Waals surface area contributed by atoms with Crippen molar-refractivity contribution in [2.24, 2.45) is 0 Å². The molecule has 0 spiro atoms. The Morgan fingerprint density at radius 2 is 2.33 bits per heavy atom. The van der Waals surface area contributed by atoms with E-state index in [1.165, 1.54) is 11.2 Å². The zero-order chi connectivity index (χ0) is 4.83. The van der Waals surface area contributed by atoms with Gasteiger partial charge in [-0.05, 0) is 12.4 Å². The van der Waals surface area contributed by atoms with Crippen LogP contribution in [0.25, 0.3) is 0 Å². The summed E-state index contributed by atoms with van der Waals surface area (Å²) in [5, 5.41) is 0. The lowest BCUT2D eigenvalue weighted by atomic mass is 11.0. The first-order chi connectivity index (χ1) is 2.91. The average Bonchev–Trinajstić information content (AvgIpc) is 1.61. The van der Waals surface area contributed by atoms with Crippen molar-refractivity contribution in [2.75, 3.05) is 17.9 Å². The summed E-state index contributed by atoms with van der Waals surface area (Å²) in [5.41, 5.74) is 1.36. The fourth-order valence-corrected chi connectivity index (χ4v) is 1.84. The first-order valence-electron chi connectivity index (χ1n) is 2.14. The fourth-order valence-electron chi connectivity index (χ4n) is 0.204. The molecule has 0 aliphatic heterocycles. The maximum atomic E-state index is 2.24. The molecule has 0 aliphatic rings. The van der Waals surface area contributed by atoms with E-state index in [9.17, 15) is 0 Å². The van der Waals surface area contributed by atoms with Gasteiger partial charge in [-0.15, -0.1) is 8.58 Å². The normalized spacial score (nSPS) is 11.0. The molecule has 0 radical (unpaired) electrons. The van der Waals surface area contributed by atoms with Crippen molar-refractivity contribution in [3.8, 4) is 0 Å². The third-order valence-corrected chi connectivity index (χ3v) is 2.83. The van der Waals surface area contributed by atoms with Crippen LogP contribution in [0, 0.1) is 0 Å². The van der Waals surface area contributed by atoms with Gasteiger partial charge < -0.3 is 0 Å². The number of hydrogen-bond donors (Lipinski definition) is 0. The van der Waals surface area contributed by atoms with Crippen LogP contribution in [0.15, 0.2) is 0 Å². The summed E-state index contributed by atoms with van der Waals surface area (Å²) in [6.07, 6.45) is 0. The van der Waals surface area contributed by atoms with Gasteiger partial charge in [-0.25, -0.2) is 0 Å². The summed E-state index contributed by atoms with van der Waals surface area (Å²) in [6, 6.07) is 0. The van der Waals surface area contributed by atoms with E-state index in [-0.39, 0.29) is 0 Å². The molecule has 0 rings (SSSR count). The molecule has 0 heterocycles. The predicted octanol–water partition coefficient (Wildman–Crippen LogP) is 2.01. The molecular formula is C4H11PS. The summed E-state index contributed by atoms with van der Waals surface area (Å²) in [6.45, 7) is 4.44. The van der Waals surface area contributed by atoms with Crippen LogP contribution in [0.2, 0.25) is 0 Å². The molecule has 0 bridgehead atoms. The second-order valence-corrected chi connectivity index (χ2v) is 3.84. The third kappa shape index (κ3) is 4.78. The maximum absolute atomic E-state index is 2.24. The van der Waals surface area contributed by atoms with Crippen molar-refractivity contribution in [2.45, 2.75) is 6.92 Å². The zero-order valence-electron chi connectivity index (χ0n) is 4.32. The van der Waals surface area contributed by atoms with E-state index in [1.54, 1.807) is 0 Å². The Kier molecular flexibility index (Phi) is 6.53. The van der Waals surface area contributed by atoms with Crippen LogP contribution >= 0.6 is 20.3 Å². The summed E-state index contributed by atoms with van der Waals surface area (Å²) < 4.78 is 0. The van der Waals surface area contributed by atoms with Crippen LogP contribution in [-0.2, 0) is 0 Å². The molecule has 0 nitrogen and oxygen atoms in total. The molecular weight excluding hydrogens is 111 g/mol. The summed E-state index contributed by atoms with van der Waals surface area (Å²) in [5.74, 6) is 1.28. The average molecular weight is 122 g/mol. The molecule has 1 unspecified atom stereocenters. The minimum atomic E-state index is 1.13. The Balaban J connectivity index is 2.34. The van der Waals surface area contributed by atoms with Gasteiger partial charge in [0, 0.05) is 5.49 Å². The van der Waals surface area contributed by atoms with Gasteiger partial charge in [0.05, 0.1) is 0 Å². The molecule has 0 saturated heterocycles. The van der Waals surface area contributed by atoms with Gasteiger partial charge in [0.1, 0.15) is 0 Å². The van der Waals surface area contributed by atoms with Gasteiger partial charge >= 0.3 is 0 Å². The van der Waals surface area contributed by atoms with Crippen LogP contribution in [0.1, 0.15) is 6.92 Å². The molecule has 0 aliphatic carbocycles. The van der Waals surface area contributed by atoms with Gasteiger partial charge in [0.2, 0.25) is 0 Å². The molecule has 6 heavy (non-hydrogen) atoms. The van der Waals surface area contributed by atoms with Crippen molar-refractivity contribution in [3.63, 3.8) is 0 Å². The van der Waals surface area contributed by atoms with Gasteiger partial charge in [-0.1, -0.05) is 6.92 Å². The van der Waals surface area contributed by atoms with E-state index in [4.69, 9.17) is 0 Å². The number of rotatable bonds is 3. The Hall–Kier alpha value is 0.780. The highest BCUT2D eigenvalue weighted by atomic mass is 32.2. The second-order valence-electron chi connectivity index (χ2n) is 0.991. The molecule has 2 heteroatoms. The Labute approximate surface area is 45.9 Å². The van der Waals surface area contributed by atoms with Gasteiger partial charge in [0.25, 0.3) is 0 Å². The second kappa shape index (κ2) is 5.78. The van der Waals surface area contributed by atoms with Crippen molar-refractivity contribution in [1.82, 2.24) is 0 Å². The number of hydrogen-bond acceptors (Lipinski definition) is 1. The van der Waals surface area contributed by atoms with Crippen LogP contribution in [0.3, 0.4) is 0 Å². The van der Waals surface area contributed by atoms with Gasteiger partial charge in [-0.3, -0.25) is 0 Å². The molecule has 0 amide bonds. The summed E-state index contributed by atoms with van der Waals surface area (Å²) in [4.78, 5) is 0. The van der Waals surface area contributed by atoms with Crippen molar-refractivity contribution >= 4 is 20.3 Å². The quantitative estimate of drug-likeness (QED) is 0.407. The summed E-state index contributed by atoms with van der Waals surface area (Å²) in [7, 11) is 1.13. The van der Waals surface area contributed by atoms with E-state index >= 15 is 0 Å². The highest BCUT2D eigenvalue weighted by Gasteiger charge is 1.74. The smallest absolute Gasteiger partial charge is 0.0105 e. The lowest BCUT2D eigenvalue weighted by molar-refractivity contribution is 1.53. The molecule has 38 valence electrons. The largest absolute Gasteiger partial charge is 0.158 e. The van der Waals surface area contributed by atoms with E-state index < -0.39 is 0 Å². The predicted molar refractivity (Wildman–Crippen MR) is 37.2 cm³/mol. The molecule has 0 aromatic carbocycles.